The van der Waals surface area contributed by atoms with Gasteiger partial charge in [-0.05, 0) is 19.9 Å². The van der Waals surface area contributed by atoms with Gasteiger partial charge in [-0.1, -0.05) is 0 Å². The summed E-state index contributed by atoms with van der Waals surface area (Å²) in [5.74, 6) is 0. The molecule has 1 rings (SSSR count). The van der Waals surface area contributed by atoms with Gasteiger partial charge in [0.15, 0.2) is 0 Å². The Kier molecular flexibility index (Phi) is 4.04. The molecule has 1 aliphatic heterocycles. The molecule has 44 valence electrons. The SMILES string of the molecule is CC1CCN1.CO. The lowest BCUT2D eigenvalue weighted by Crippen LogP contribution is -2.39. The Morgan fingerprint density at radius 1 is 1.57 bits per heavy atom. The quantitative estimate of drug-likeness (QED) is 0.451. The van der Waals surface area contributed by atoms with E-state index < -0.39 is 0 Å². The first-order chi connectivity index (χ1) is 3.39. The van der Waals surface area contributed by atoms with E-state index in [-0.39, 0.29) is 0 Å². The normalized spacial score (nSPS) is 27.0. The molecule has 2 heteroatoms. The van der Waals surface area contributed by atoms with E-state index in [1.807, 2.05) is 0 Å². The predicted octanol–water partition coefficient (Wildman–Crippen LogP) is -0.0233. The maximum Gasteiger partial charge on any atom is 0.0319 e. The molecule has 0 radical (unpaired) electrons. The van der Waals surface area contributed by atoms with Crippen LogP contribution in [0.2, 0.25) is 0 Å². The van der Waals surface area contributed by atoms with Crippen LogP contribution in [0.3, 0.4) is 0 Å². The standard InChI is InChI=1S/C4H9N.CH4O/c1-4-2-3-5-4;1-2/h4-5H,2-3H2,1H3;2H,1H3. The summed E-state index contributed by atoms with van der Waals surface area (Å²) < 4.78 is 0. The number of aliphatic hydroxyl groups excluding tert-OH is 1. The lowest BCUT2D eigenvalue weighted by Gasteiger charge is -2.22. The Bertz CT molecular complexity index is 35.1. The van der Waals surface area contributed by atoms with Crippen molar-refractivity contribution >= 4 is 0 Å². The molecule has 1 aliphatic rings. The van der Waals surface area contributed by atoms with Crippen molar-refractivity contribution in [2.24, 2.45) is 0 Å². The van der Waals surface area contributed by atoms with E-state index in [4.69, 9.17) is 5.11 Å². The highest BCUT2D eigenvalue weighted by atomic mass is 16.2. The van der Waals surface area contributed by atoms with Crippen molar-refractivity contribution in [1.82, 2.24) is 5.32 Å². The smallest absolute Gasteiger partial charge is 0.0319 e. The van der Waals surface area contributed by atoms with Crippen molar-refractivity contribution in [3.8, 4) is 0 Å². The van der Waals surface area contributed by atoms with Crippen LogP contribution in [-0.2, 0) is 0 Å². The average Bonchev–Trinajstić information content (AvgIpc) is 1.68. The Balaban J connectivity index is 0.000000162. The van der Waals surface area contributed by atoms with Gasteiger partial charge in [0.2, 0.25) is 0 Å². The Hall–Kier alpha value is -0.0800. The number of aliphatic hydroxyl groups is 1. The van der Waals surface area contributed by atoms with E-state index in [1.54, 1.807) is 0 Å². The summed E-state index contributed by atoms with van der Waals surface area (Å²) in [5, 5.41) is 10.2. The van der Waals surface area contributed by atoms with E-state index in [0.717, 1.165) is 13.2 Å². The third-order valence-electron chi connectivity index (χ3n) is 1.07. The first kappa shape index (κ1) is 6.92. The van der Waals surface area contributed by atoms with E-state index in [0.29, 0.717) is 0 Å². The fourth-order valence-corrected chi connectivity index (χ4v) is 0.433. The number of rotatable bonds is 0. The number of nitrogens with one attached hydrogen (secondary N) is 1. The van der Waals surface area contributed by atoms with Crippen molar-refractivity contribution < 1.29 is 5.11 Å². The van der Waals surface area contributed by atoms with Crippen molar-refractivity contribution in [1.29, 1.82) is 0 Å². The van der Waals surface area contributed by atoms with Crippen molar-refractivity contribution in [2.75, 3.05) is 13.7 Å². The molecule has 0 aromatic heterocycles. The molecule has 7 heavy (non-hydrogen) atoms. The molecule has 0 amide bonds. The fraction of sp³-hybridized carbons (Fsp3) is 1.00. The van der Waals surface area contributed by atoms with Crippen LogP contribution in [0, 0.1) is 0 Å². The highest BCUT2D eigenvalue weighted by Crippen LogP contribution is 1.96. The summed E-state index contributed by atoms with van der Waals surface area (Å²) in [6.45, 7) is 3.44. The van der Waals surface area contributed by atoms with Gasteiger partial charge in [0, 0.05) is 13.2 Å². The van der Waals surface area contributed by atoms with Crippen LogP contribution in [0.4, 0.5) is 0 Å². The van der Waals surface area contributed by atoms with Gasteiger partial charge < -0.3 is 10.4 Å². The van der Waals surface area contributed by atoms with Gasteiger partial charge in [0.1, 0.15) is 0 Å². The second kappa shape index (κ2) is 4.09. The molecule has 0 aromatic carbocycles. The molecule has 1 atom stereocenters. The summed E-state index contributed by atoms with van der Waals surface area (Å²) in [5.41, 5.74) is 0. The highest BCUT2D eigenvalue weighted by Gasteiger charge is 2.07. The van der Waals surface area contributed by atoms with Crippen molar-refractivity contribution in [2.45, 2.75) is 19.4 Å². The zero-order valence-corrected chi connectivity index (χ0v) is 4.94. The minimum absolute atomic E-state index is 0.815. The van der Waals surface area contributed by atoms with Crippen LogP contribution in [0.15, 0.2) is 0 Å². The lowest BCUT2D eigenvalue weighted by atomic mass is 10.1. The van der Waals surface area contributed by atoms with Gasteiger partial charge in [0.05, 0.1) is 0 Å². The first-order valence-corrected chi connectivity index (χ1v) is 2.58. The zero-order valence-electron chi connectivity index (χ0n) is 4.94. The number of hydrogen-bond acceptors (Lipinski definition) is 2. The van der Waals surface area contributed by atoms with Crippen molar-refractivity contribution in [3.05, 3.63) is 0 Å². The lowest BCUT2D eigenvalue weighted by molar-refractivity contribution is 0.399. The second-order valence-electron chi connectivity index (χ2n) is 1.64. The van der Waals surface area contributed by atoms with Crippen LogP contribution in [0.1, 0.15) is 13.3 Å². The largest absolute Gasteiger partial charge is 0.400 e. The summed E-state index contributed by atoms with van der Waals surface area (Å²) >= 11 is 0. The summed E-state index contributed by atoms with van der Waals surface area (Å²) in [6.07, 6.45) is 1.38. The summed E-state index contributed by atoms with van der Waals surface area (Å²) in [6, 6.07) is 0.815. The highest BCUT2D eigenvalue weighted by molar-refractivity contribution is 4.70. The summed E-state index contributed by atoms with van der Waals surface area (Å²) in [7, 11) is 1.00. The molecule has 2 nitrogen and oxygen atoms in total. The van der Waals surface area contributed by atoms with Crippen LogP contribution >= 0.6 is 0 Å². The molecule has 2 N–H and O–H groups in total. The van der Waals surface area contributed by atoms with Gasteiger partial charge in [-0.2, -0.15) is 0 Å². The molecule has 1 heterocycles. The third-order valence-corrected chi connectivity index (χ3v) is 1.07. The van der Waals surface area contributed by atoms with Gasteiger partial charge in [-0.15, -0.1) is 0 Å². The molecule has 0 aliphatic carbocycles. The minimum Gasteiger partial charge on any atom is -0.400 e. The molecule has 1 unspecified atom stereocenters. The molecule has 0 spiro atoms. The third kappa shape index (κ3) is 2.60. The van der Waals surface area contributed by atoms with Crippen LogP contribution in [0.5, 0.6) is 0 Å². The van der Waals surface area contributed by atoms with Crippen molar-refractivity contribution in [3.63, 3.8) is 0 Å². The average molecular weight is 103 g/mol. The maximum absolute atomic E-state index is 7.00. The van der Waals surface area contributed by atoms with E-state index in [2.05, 4.69) is 12.2 Å². The van der Waals surface area contributed by atoms with Gasteiger partial charge in [-0.25, -0.2) is 0 Å². The fourth-order valence-electron chi connectivity index (χ4n) is 0.433. The van der Waals surface area contributed by atoms with Crippen LogP contribution < -0.4 is 5.32 Å². The molecular formula is C5H13NO. The van der Waals surface area contributed by atoms with E-state index in [1.165, 1.54) is 13.0 Å². The summed E-state index contributed by atoms with van der Waals surface area (Å²) in [4.78, 5) is 0. The first-order valence-electron chi connectivity index (χ1n) is 2.58. The minimum atomic E-state index is 0.815. The topological polar surface area (TPSA) is 32.3 Å². The molecular weight excluding hydrogens is 90.1 g/mol. The van der Waals surface area contributed by atoms with Gasteiger partial charge in [0.25, 0.3) is 0 Å². The Morgan fingerprint density at radius 2 is 1.86 bits per heavy atom. The van der Waals surface area contributed by atoms with Gasteiger partial charge in [-0.3, -0.25) is 0 Å². The monoisotopic (exact) mass is 103 g/mol. The molecule has 0 saturated carbocycles. The second-order valence-corrected chi connectivity index (χ2v) is 1.64. The molecule has 0 bridgehead atoms. The maximum atomic E-state index is 7.00. The van der Waals surface area contributed by atoms with Crippen LogP contribution in [0.25, 0.3) is 0 Å². The van der Waals surface area contributed by atoms with Gasteiger partial charge >= 0.3 is 0 Å². The molecule has 1 fully saturated rings. The number of hydrogen-bond donors (Lipinski definition) is 2. The predicted molar refractivity (Wildman–Crippen MR) is 30.2 cm³/mol. The zero-order chi connectivity index (χ0) is 5.70. The van der Waals surface area contributed by atoms with E-state index >= 15 is 0 Å². The van der Waals surface area contributed by atoms with Crippen LogP contribution in [-0.4, -0.2) is 24.8 Å². The van der Waals surface area contributed by atoms with E-state index in [9.17, 15) is 0 Å². The molecule has 0 aromatic rings. The Morgan fingerprint density at radius 3 is 1.86 bits per heavy atom. The molecule has 1 saturated heterocycles. The Labute approximate surface area is 44.5 Å².